The average Bonchev–Trinajstić information content (AvgIpc) is 2.47. The highest BCUT2D eigenvalue weighted by Crippen LogP contribution is 2.07. The summed E-state index contributed by atoms with van der Waals surface area (Å²) in [6.45, 7) is 2.86. The molecule has 0 atom stereocenters. The van der Waals surface area contributed by atoms with Gasteiger partial charge in [0, 0.05) is 12.3 Å². The topological polar surface area (TPSA) is 22.0 Å². The van der Waals surface area contributed by atoms with Gasteiger partial charge >= 0.3 is 0 Å². The van der Waals surface area contributed by atoms with Crippen molar-refractivity contribution >= 4 is 0 Å². The van der Waals surface area contributed by atoms with Crippen molar-refractivity contribution in [3.8, 4) is 0 Å². The summed E-state index contributed by atoms with van der Waals surface area (Å²) in [4.78, 5) is 12.1. The van der Waals surface area contributed by atoms with E-state index < -0.39 is 0 Å². The van der Waals surface area contributed by atoms with E-state index in [9.17, 15) is 4.79 Å². The molecule has 2 nitrogen and oxygen atoms in total. The van der Waals surface area contributed by atoms with Crippen molar-refractivity contribution in [2.24, 2.45) is 0 Å². The van der Waals surface area contributed by atoms with E-state index in [1.807, 2.05) is 36.5 Å². The van der Waals surface area contributed by atoms with Crippen molar-refractivity contribution < 1.29 is 0 Å². The summed E-state index contributed by atoms with van der Waals surface area (Å²) in [5, 5.41) is 0. The first-order valence-corrected chi connectivity index (χ1v) is 7.53. The molecule has 2 heteroatoms. The molecule has 0 bridgehead atoms. The van der Waals surface area contributed by atoms with Gasteiger partial charge in [0.05, 0.1) is 6.54 Å². The third-order valence-corrected chi connectivity index (χ3v) is 3.58. The first kappa shape index (κ1) is 14.6. The van der Waals surface area contributed by atoms with Gasteiger partial charge in [0.1, 0.15) is 0 Å². The maximum absolute atomic E-state index is 12.1. The lowest BCUT2D eigenvalue weighted by atomic mass is 10.1. The molecule has 0 saturated carbocycles. The molecular weight excluding hydrogens is 246 g/mol. The third kappa shape index (κ3) is 4.37. The highest BCUT2D eigenvalue weighted by atomic mass is 16.1. The predicted octanol–water partition coefficient (Wildman–Crippen LogP) is 4.02. The molecule has 0 saturated heterocycles. The Bertz CT molecular complexity index is 571. The fraction of sp³-hybridized carbons (Fsp3) is 0.389. The molecule has 0 N–H and O–H groups in total. The monoisotopic (exact) mass is 269 g/mol. The van der Waals surface area contributed by atoms with Gasteiger partial charge in [-0.25, -0.2) is 0 Å². The molecule has 0 fully saturated rings. The highest BCUT2D eigenvalue weighted by Gasteiger charge is 2.00. The number of pyridine rings is 1. The Morgan fingerprint density at radius 1 is 0.950 bits per heavy atom. The molecule has 0 aliphatic rings. The zero-order valence-electron chi connectivity index (χ0n) is 12.2. The largest absolute Gasteiger partial charge is 0.311 e. The molecule has 0 amide bonds. The second kappa shape index (κ2) is 7.68. The Balaban J connectivity index is 1.97. The van der Waals surface area contributed by atoms with E-state index in [2.05, 4.69) is 13.0 Å². The molecule has 106 valence electrons. The lowest BCUT2D eigenvalue weighted by molar-refractivity contribution is 0.663. The molecule has 0 aliphatic carbocycles. The van der Waals surface area contributed by atoms with Crippen LogP contribution in [0, 0.1) is 0 Å². The van der Waals surface area contributed by atoms with Crippen LogP contribution in [0.3, 0.4) is 0 Å². The molecular formula is C18H23NO. The minimum atomic E-state index is 0.0989. The van der Waals surface area contributed by atoms with Gasteiger partial charge in [0.2, 0.25) is 0 Å². The molecule has 0 spiro atoms. The molecule has 0 aliphatic heterocycles. The van der Waals surface area contributed by atoms with Gasteiger partial charge in [-0.1, -0.05) is 56.5 Å². The van der Waals surface area contributed by atoms with E-state index in [4.69, 9.17) is 0 Å². The van der Waals surface area contributed by atoms with Crippen molar-refractivity contribution in [1.82, 2.24) is 4.57 Å². The number of aromatic nitrogens is 1. The molecule has 2 aromatic rings. The fourth-order valence-corrected chi connectivity index (χ4v) is 2.37. The number of hydrogen-bond donors (Lipinski definition) is 0. The summed E-state index contributed by atoms with van der Waals surface area (Å²) >= 11 is 0. The van der Waals surface area contributed by atoms with E-state index in [1.54, 1.807) is 10.6 Å². The zero-order valence-corrected chi connectivity index (χ0v) is 12.2. The van der Waals surface area contributed by atoms with Gasteiger partial charge in [-0.05, 0) is 30.0 Å². The van der Waals surface area contributed by atoms with E-state index in [0.717, 1.165) is 17.5 Å². The van der Waals surface area contributed by atoms with Crippen molar-refractivity contribution in [3.05, 3.63) is 70.1 Å². The van der Waals surface area contributed by atoms with Gasteiger partial charge in [0.15, 0.2) is 0 Å². The van der Waals surface area contributed by atoms with E-state index >= 15 is 0 Å². The summed E-state index contributed by atoms with van der Waals surface area (Å²) in [5.74, 6) is 0. The van der Waals surface area contributed by atoms with E-state index in [0.29, 0.717) is 6.54 Å². The normalized spacial score (nSPS) is 10.7. The highest BCUT2D eigenvalue weighted by molar-refractivity contribution is 5.17. The number of aryl methyl sites for hydroxylation is 1. The van der Waals surface area contributed by atoms with Crippen LogP contribution in [0.4, 0.5) is 0 Å². The second-order valence-corrected chi connectivity index (χ2v) is 5.30. The predicted molar refractivity (Wildman–Crippen MR) is 84.1 cm³/mol. The van der Waals surface area contributed by atoms with Gasteiger partial charge in [0.25, 0.3) is 5.56 Å². The number of nitrogens with zero attached hydrogens (tertiary/aromatic N) is 1. The zero-order chi connectivity index (χ0) is 14.2. The van der Waals surface area contributed by atoms with Crippen LogP contribution in [-0.2, 0) is 13.0 Å². The summed E-state index contributed by atoms with van der Waals surface area (Å²) in [5.41, 5.74) is 2.42. The third-order valence-electron chi connectivity index (χ3n) is 3.58. The Hall–Kier alpha value is -1.83. The minimum absolute atomic E-state index is 0.0989. The summed E-state index contributed by atoms with van der Waals surface area (Å²) in [7, 11) is 0. The van der Waals surface area contributed by atoms with Crippen LogP contribution in [0.15, 0.2) is 53.5 Å². The number of hydrogen-bond acceptors (Lipinski definition) is 1. The molecule has 2 rings (SSSR count). The van der Waals surface area contributed by atoms with Crippen LogP contribution in [-0.4, -0.2) is 4.57 Å². The molecule has 1 aromatic carbocycles. The van der Waals surface area contributed by atoms with Gasteiger partial charge < -0.3 is 4.57 Å². The van der Waals surface area contributed by atoms with Crippen molar-refractivity contribution in [3.63, 3.8) is 0 Å². The lowest BCUT2D eigenvalue weighted by Crippen LogP contribution is -2.19. The van der Waals surface area contributed by atoms with Crippen LogP contribution in [0.2, 0.25) is 0 Å². The number of benzene rings is 1. The van der Waals surface area contributed by atoms with Crippen molar-refractivity contribution in [2.75, 3.05) is 0 Å². The van der Waals surface area contributed by atoms with Crippen LogP contribution in [0.25, 0.3) is 0 Å². The summed E-state index contributed by atoms with van der Waals surface area (Å²) in [6, 6.07) is 14.0. The Kier molecular flexibility index (Phi) is 5.60. The standard InChI is InChI=1S/C18H23NO/c1-2-3-4-6-9-16-12-13-19(18(20)14-16)15-17-10-7-5-8-11-17/h5,7-8,10-14H,2-4,6,9,15H2,1H3. The van der Waals surface area contributed by atoms with Gasteiger partial charge in [-0.15, -0.1) is 0 Å². The second-order valence-electron chi connectivity index (χ2n) is 5.30. The molecule has 0 unspecified atom stereocenters. The van der Waals surface area contributed by atoms with Gasteiger partial charge in [-0.3, -0.25) is 4.79 Å². The summed E-state index contributed by atoms with van der Waals surface area (Å²) in [6.07, 6.45) is 7.90. The Morgan fingerprint density at radius 2 is 1.75 bits per heavy atom. The van der Waals surface area contributed by atoms with Crippen molar-refractivity contribution in [2.45, 2.75) is 45.6 Å². The van der Waals surface area contributed by atoms with E-state index in [-0.39, 0.29) is 5.56 Å². The van der Waals surface area contributed by atoms with Crippen LogP contribution in [0.1, 0.15) is 43.7 Å². The van der Waals surface area contributed by atoms with Crippen LogP contribution in [0.5, 0.6) is 0 Å². The molecule has 0 radical (unpaired) electrons. The maximum Gasteiger partial charge on any atom is 0.251 e. The van der Waals surface area contributed by atoms with Crippen LogP contribution < -0.4 is 5.56 Å². The quantitative estimate of drug-likeness (QED) is 0.696. The molecule has 1 heterocycles. The van der Waals surface area contributed by atoms with Crippen molar-refractivity contribution in [1.29, 1.82) is 0 Å². The Morgan fingerprint density at radius 3 is 2.45 bits per heavy atom. The fourth-order valence-electron chi connectivity index (χ4n) is 2.37. The smallest absolute Gasteiger partial charge is 0.251 e. The van der Waals surface area contributed by atoms with Crippen LogP contribution >= 0.6 is 0 Å². The number of unbranched alkanes of at least 4 members (excludes halogenated alkanes) is 3. The molecule has 20 heavy (non-hydrogen) atoms. The lowest BCUT2D eigenvalue weighted by Gasteiger charge is -2.07. The first-order chi connectivity index (χ1) is 9.79. The summed E-state index contributed by atoms with van der Waals surface area (Å²) < 4.78 is 1.77. The van der Waals surface area contributed by atoms with Gasteiger partial charge in [-0.2, -0.15) is 0 Å². The van der Waals surface area contributed by atoms with E-state index in [1.165, 1.54) is 25.7 Å². The minimum Gasteiger partial charge on any atom is -0.311 e. The number of rotatable bonds is 7. The SMILES string of the molecule is CCCCCCc1ccn(Cc2ccccc2)c(=O)c1. The maximum atomic E-state index is 12.1. The first-order valence-electron chi connectivity index (χ1n) is 7.53. The average molecular weight is 269 g/mol. The Labute approximate surface area is 121 Å². The molecule has 1 aromatic heterocycles.